The SMILES string of the molecule is [Al][CH2]C[O][Al].[U].[U].[U].[U]. The van der Waals surface area contributed by atoms with Gasteiger partial charge in [0.1, 0.15) is 16.3 Å². The van der Waals surface area contributed by atoms with Gasteiger partial charge in [-0.2, -0.15) is 0 Å². The van der Waals surface area contributed by atoms with Crippen molar-refractivity contribution in [1.82, 2.24) is 0 Å². The Morgan fingerprint density at radius 2 is 1.33 bits per heavy atom. The van der Waals surface area contributed by atoms with Crippen LogP contribution in [0.5, 0.6) is 0 Å². The number of rotatable bonds is 2. The zero-order chi connectivity index (χ0) is 4.12. The van der Waals surface area contributed by atoms with E-state index in [-0.39, 0.29) is 124 Å². The van der Waals surface area contributed by atoms with Crippen molar-refractivity contribution in [2.75, 3.05) is 6.61 Å². The van der Waals surface area contributed by atoms with Crippen LogP contribution in [0.25, 0.3) is 0 Å². The Balaban J connectivity index is -0.0000000133. The molecule has 0 aromatic rings. The minimum absolute atomic E-state index is 0. The molecule has 0 atom stereocenters. The zero-order valence-electron chi connectivity index (χ0n) is 4.98. The van der Waals surface area contributed by atoms with Gasteiger partial charge in [-0.1, -0.05) is 5.28 Å². The fourth-order valence-electron chi connectivity index (χ4n) is 0.0680. The van der Waals surface area contributed by atoms with E-state index in [1.54, 1.807) is 0 Å². The smallest absolute Gasteiger partial charge is 0.369 e. The topological polar surface area (TPSA) is 9.23 Å². The summed E-state index contributed by atoms with van der Waals surface area (Å²) in [5, 5.41) is 1.02. The molecule has 0 bridgehead atoms. The second kappa shape index (κ2) is 29.2. The van der Waals surface area contributed by atoms with Crippen LogP contribution in [0.3, 0.4) is 0 Å². The molecule has 0 aromatic carbocycles. The van der Waals surface area contributed by atoms with Gasteiger partial charge in [0.25, 0.3) is 0 Å². The van der Waals surface area contributed by atoms with Gasteiger partial charge in [-0.15, -0.1) is 0 Å². The summed E-state index contributed by atoms with van der Waals surface area (Å²) in [4.78, 5) is 0. The molecule has 0 aliphatic heterocycles. The van der Waals surface area contributed by atoms with Gasteiger partial charge in [0.15, 0.2) is 0 Å². The Bertz CT molecular complexity index is 24.0. The summed E-state index contributed by atoms with van der Waals surface area (Å²) in [5.41, 5.74) is 0. The molecule has 0 heterocycles. The fourth-order valence-corrected chi connectivity index (χ4v) is 0.612. The monoisotopic (exact) mass is 1050 g/mol. The van der Waals surface area contributed by atoms with E-state index in [9.17, 15) is 0 Å². The molecule has 0 aliphatic carbocycles. The molecule has 0 spiro atoms. The summed E-state index contributed by atoms with van der Waals surface area (Å²) in [6, 6.07) is 0. The van der Waals surface area contributed by atoms with E-state index in [2.05, 4.69) is 36.7 Å². The van der Waals surface area contributed by atoms with Crippen molar-refractivity contribution in [3.63, 3.8) is 0 Å². The van der Waals surface area contributed by atoms with Crippen molar-refractivity contribution in [2.45, 2.75) is 5.28 Å². The van der Waals surface area contributed by atoms with Gasteiger partial charge in [-0.05, 0) is 6.61 Å². The molecule has 9 heavy (non-hydrogen) atoms. The van der Waals surface area contributed by atoms with Crippen molar-refractivity contribution in [3.05, 3.63) is 0 Å². The van der Waals surface area contributed by atoms with Crippen LogP contribution in [-0.4, -0.2) is 39.5 Å². The average Bonchev–Trinajstić information content (AvgIpc) is 1.41. The summed E-state index contributed by atoms with van der Waals surface area (Å²) in [6.45, 7) is 0.815. The molecule has 0 saturated carbocycles. The van der Waals surface area contributed by atoms with Crippen molar-refractivity contribution >= 4 is 32.9 Å². The van der Waals surface area contributed by atoms with E-state index in [1.807, 2.05) is 0 Å². The maximum atomic E-state index is 4.59. The van der Waals surface area contributed by atoms with Crippen molar-refractivity contribution in [1.29, 1.82) is 0 Å². The van der Waals surface area contributed by atoms with Gasteiger partial charge >= 0.3 is 16.6 Å². The molecule has 0 unspecified atom stereocenters. The molecule has 4 radical (unpaired) electrons. The Labute approximate surface area is 168 Å². The third-order valence-corrected chi connectivity index (χ3v) is 0.707. The van der Waals surface area contributed by atoms with Gasteiger partial charge in [0.05, 0.1) is 0 Å². The van der Waals surface area contributed by atoms with Crippen molar-refractivity contribution in [3.8, 4) is 0 Å². The molecule has 0 fully saturated rings. The van der Waals surface area contributed by atoms with Gasteiger partial charge in [-0.25, -0.2) is 0 Å². The first-order valence-electron chi connectivity index (χ1n) is 1.43. The molecule has 0 aromatic heterocycles. The quantitative estimate of drug-likeness (QED) is 0.346. The van der Waals surface area contributed by atoms with Gasteiger partial charge in [0.2, 0.25) is 0 Å². The van der Waals surface area contributed by atoms with Crippen LogP contribution in [0.4, 0.5) is 0 Å². The van der Waals surface area contributed by atoms with E-state index < -0.39 is 0 Å². The molecule has 7 heteroatoms. The van der Waals surface area contributed by atoms with E-state index in [0.717, 1.165) is 11.9 Å². The van der Waals surface area contributed by atoms with E-state index in [4.69, 9.17) is 0 Å². The third-order valence-electron chi connectivity index (χ3n) is 0.236. The van der Waals surface area contributed by atoms with Crippen LogP contribution in [0.2, 0.25) is 5.28 Å². The standard InChI is InChI=1S/C2H4O.2Al.4U/c1-2-3;;;;;;/h1-2H2;;;;;;/q-1;;+1;;;;. The summed E-state index contributed by atoms with van der Waals surface area (Å²) in [5.74, 6) is 0. The van der Waals surface area contributed by atoms with E-state index in [0.29, 0.717) is 0 Å². The number of hydrogen-bond donors (Lipinski definition) is 0. The molecule has 1 nitrogen and oxygen atoms in total. The Hall–Kier alpha value is 5.23. The molecule has 40 valence electrons. The number of hydrogen-bond acceptors (Lipinski definition) is 1. The molecule has 0 rings (SSSR count). The zero-order valence-corrected chi connectivity index (χ0v) is 23.9. The van der Waals surface area contributed by atoms with Gasteiger partial charge < -0.3 is 3.79 Å². The fraction of sp³-hybridized carbons (Fsp3) is 1.00. The summed E-state index contributed by atoms with van der Waals surface area (Å²) >= 11 is 4.75. The third kappa shape index (κ3) is 31.9. The second-order valence-corrected chi connectivity index (χ2v) is 1.57. The first kappa shape index (κ1) is 29.2. The molecular formula is C2H4Al2OU4. The van der Waals surface area contributed by atoms with Crippen molar-refractivity contribution in [2.24, 2.45) is 0 Å². The predicted molar refractivity (Wildman–Crippen MR) is 22.3 cm³/mol. The summed E-state index contributed by atoms with van der Waals surface area (Å²) in [7, 11) is 0. The predicted octanol–water partition coefficient (Wildman–Crippen LogP) is -0.327. The first-order chi connectivity index (χ1) is 2.41. The second-order valence-electron chi connectivity index (χ2n) is 0.659. The Morgan fingerprint density at radius 1 is 1.00 bits per heavy atom. The largest absolute Gasteiger partial charge is 0.517 e. The van der Waals surface area contributed by atoms with Crippen LogP contribution in [0.15, 0.2) is 0 Å². The van der Waals surface area contributed by atoms with Crippen LogP contribution in [-0.2, 0) is 3.79 Å². The van der Waals surface area contributed by atoms with Crippen LogP contribution >= 0.6 is 0 Å². The van der Waals surface area contributed by atoms with Crippen LogP contribution in [0, 0.1) is 124 Å². The molecular weight excluding hydrogens is 1050 g/mol. The normalized spacial score (nSPS) is 4.44. The van der Waals surface area contributed by atoms with Gasteiger partial charge in [0, 0.05) is 124 Å². The van der Waals surface area contributed by atoms with Crippen LogP contribution < -0.4 is 0 Å². The maximum Gasteiger partial charge on any atom is 0.369 e. The molecule has 0 amide bonds. The summed E-state index contributed by atoms with van der Waals surface area (Å²) < 4.78 is 4.59. The maximum absolute atomic E-state index is 4.59. The molecule has 0 N–H and O–H groups in total. The minimum atomic E-state index is 0. The van der Waals surface area contributed by atoms with Crippen LogP contribution in [0.1, 0.15) is 0 Å². The minimum Gasteiger partial charge on any atom is -0.517 e. The Kier molecular flexibility index (Phi) is 94.9. The Morgan fingerprint density at radius 3 is 1.33 bits per heavy atom. The van der Waals surface area contributed by atoms with Gasteiger partial charge in [-0.3, -0.25) is 0 Å². The summed E-state index contributed by atoms with van der Waals surface area (Å²) in [6.07, 6.45) is 0. The first-order valence-corrected chi connectivity index (χ1v) is 2.72. The van der Waals surface area contributed by atoms with E-state index >= 15 is 0 Å². The van der Waals surface area contributed by atoms with E-state index in [1.165, 1.54) is 0 Å². The molecule has 0 saturated heterocycles. The average molecular weight is 1050 g/mol. The van der Waals surface area contributed by atoms with Crippen molar-refractivity contribution < 1.29 is 128 Å². The molecule has 0 aliphatic rings.